The second-order valence-electron chi connectivity index (χ2n) is 6.11. The maximum Gasteiger partial charge on any atom is 0.206 e. The zero-order valence-electron chi connectivity index (χ0n) is 13.5. The first-order valence-electron chi connectivity index (χ1n) is 8.19. The van der Waals surface area contributed by atoms with E-state index < -0.39 is 0 Å². The first-order valence-corrected chi connectivity index (χ1v) is 9.45. The Morgan fingerprint density at radius 2 is 1.84 bits per heavy atom. The van der Waals surface area contributed by atoms with E-state index in [9.17, 15) is 5.11 Å². The summed E-state index contributed by atoms with van der Waals surface area (Å²) < 4.78 is 0. The van der Waals surface area contributed by atoms with Crippen LogP contribution in [0.25, 0.3) is 0 Å². The van der Waals surface area contributed by atoms with Crippen LogP contribution in [-0.2, 0) is 0 Å². The van der Waals surface area contributed by atoms with Gasteiger partial charge < -0.3 is 10.4 Å². The van der Waals surface area contributed by atoms with Crippen molar-refractivity contribution in [3.8, 4) is 5.75 Å². The predicted octanol–water partition coefficient (Wildman–Crippen LogP) is 4.30. The Hall–Kier alpha value is -2.14. The van der Waals surface area contributed by atoms with Crippen LogP contribution in [0, 0.1) is 0 Å². The van der Waals surface area contributed by atoms with Crippen molar-refractivity contribution in [3.63, 3.8) is 0 Å². The highest BCUT2D eigenvalue weighted by Gasteiger charge is 2.31. The quantitative estimate of drug-likeness (QED) is 0.710. The third-order valence-corrected chi connectivity index (χ3v) is 5.65. The van der Waals surface area contributed by atoms with Crippen LogP contribution < -0.4 is 5.32 Å². The minimum absolute atomic E-state index is 0.0484. The molecule has 2 atom stereocenters. The lowest BCUT2D eigenvalue weighted by Gasteiger charge is -2.27. The van der Waals surface area contributed by atoms with Gasteiger partial charge in [0.25, 0.3) is 0 Å². The van der Waals surface area contributed by atoms with Crippen LogP contribution in [0.5, 0.6) is 5.75 Å². The lowest BCUT2D eigenvalue weighted by atomic mass is 9.96. The number of nitrogens with two attached hydrogens (primary N) is 1. The van der Waals surface area contributed by atoms with E-state index >= 15 is 0 Å². The Morgan fingerprint density at radius 3 is 2.56 bits per heavy atom. The monoisotopic (exact) mass is 369 g/mol. The largest absolute Gasteiger partial charge is 0.507 e. The number of hydrogen-bond acceptors (Lipinski definition) is 3. The minimum Gasteiger partial charge on any atom is -0.507 e. The summed E-state index contributed by atoms with van der Waals surface area (Å²) in [7, 11) is 0. The average molecular weight is 370 g/mol. The van der Waals surface area contributed by atoms with Crippen LogP contribution in [-0.4, -0.2) is 10.8 Å². The molecule has 2 aromatic carbocycles. The number of aromatic hydroxyl groups is 1. The zero-order chi connectivity index (χ0) is 17.2. The van der Waals surface area contributed by atoms with E-state index in [-0.39, 0.29) is 12.2 Å². The Kier molecular flexibility index (Phi) is 4.57. The summed E-state index contributed by atoms with van der Waals surface area (Å²) in [5.74, 6) is 0.339. The summed E-state index contributed by atoms with van der Waals surface area (Å²) in [5.41, 5.74) is 3.15. The summed E-state index contributed by atoms with van der Waals surface area (Å²) >= 11 is 7.73. The maximum atomic E-state index is 10.3. The lowest BCUT2D eigenvalue weighted by molar-refractivity contribution is -0.735. The number of aliphatic imine (C=N–C) groups is 1. The van der Waals surface area contributed by atoms with Gasteiger partial charge in [0, 0.05) is 21.9 Å². The summed E-state index contributed by atoms with van der Waals surface area (Å²) in [6.07, 6.45) is 0.745. The average Bonchev–Trinajstić information content (AvgIpc) is 3.17. The molecule has 0 amide bonds. The Balaban J connectivity index is 1.74. The van der Waals surface area contributed by atoms with Gasteiger partial charge in [0.1, 0.15) is 11.8 Å². The lowest BCUT2D eigenvalue weighted by Crippen LogP contribution is -2.87. The SMILES string of the molecule is Oc1ccccc1[C@H]1CC(c2cccs2)=N[C@@H](c2ccc(Cl)cc2)[NH2+]1. The highest BCUT2D eigenvalue weighted by Crippen LogP contribution is 2.30. The molecule has 5 heteroatoms. The van der Waals surface area contributed by atoms with Crippen molar-refractivity contribution in [2.45, 2.75) is 18.6 Å². The number of phenolic OH excluding ortho intramolecular Hbond substituents is 1. The number of phenols is 1. The molecule has 3 aromatic rings. The molecule has 0 spiro atoms. The van der Waals surface area contributed by atoms with Gasteiger partial charge in [0.2, 0.25) is 6.17 Å². The van der Waals surface area contributed by atoms with Crippen LogP contribution in [0.4, 0.5) is 0 Å². The van der Waals surface area contributed by atoms with Gasteiger partial charge >= 0.3 is 0 Å². The maximum absolute atomic E-state index is 10.3. The fourth-order valence-corrected chi connectivity index (χ4v) is 4.09. The van der Waals surface area contributed by atoms with Gasteiger partial charge in [-0.05, 0) is 47.8 Å². The van der Waals surface area contributed by atoms with E-state index in [4.69, 9.17) is 16.6 Å². The minimum atomic E-state index is -0.0484. The first-order chi connectivity index (χ1) is 12.2. The molecule has 3 nitrogen and oxygen atoms in total. The summed E-state index contributed by atoms with van der Waals surface area (Å²) in [5, 5.41) is 15.3. The molecule has 0 saturated heterocycles. The normalized spacial score (nSPS) is 20.3. The molecule has 1 aliphatic rings. The molecule has 126 valence electrons. The number of para-hydroxylation sites is 1. The van der Waals surface area contributed by atoms with Crippen molar-refractivity contribution >= 4 is 28.6 Å². The molecule has 0 fully saturated rings. The van der Waals surface area contributed by atoms with Gasteiger partial charge in [-0.25, -0.2) is 4.99 Å². The van der Waals surface area contributed by atoms with Crippen LogP contribution in [0.15, 0.2) is 71.0 Å². The number of quaternary nitrogens is 1. The van der Waals surface area contributed by atoms with Crippen molar-refractivity contribution in [1.29, 1.82) is 0 Å². The Bertz CT molecular complexity index is 890. The Labute approximate surface area is 155 Å². The van der Waals surface area contributed by atoms with E-state index in [1.54, 1.807) is 17.4 Å². The van der Waals surface area contributed by atoms with Crippen LogP contribution in [0.3, 0.4) is 0 Å². The van der Waals surface area contributed by atoms with Crippen LogP contribution in [0.2, 0.25) is 5.02 Å². The molecule has 1 aliphatic heterocycles. The van der Waals surface area contributed by atoms with E-state index in [0.717, 1.165) is 28.3 Å². The van der Waals surface area contributed by atoms with Crippen molar-refractivity contribution < 1.29 is 10.4 Å². The van der Waals surface area contributed by atoms with Crippen molar-refractivity contribution in [2.24, 2.45) is 4.99 Å². The van der Waals surface area contributed by atoms with E-state index in [0.29, 0.717) is 5.75 Å². The number of benzene rings is 2. The highest BCUT2D eigenvalue weighted by molar-refractivity contribution is 7.12. The van der Waals surface area contributed by atoms with Crippen molar-refractivity contribution in [3.05, 3.63) is 87.1 Å². The van der Waals surface area contributed by atoms with Gasteiger partial charge in [-0.15, -0.1) is 11.3 Å². The predicted molar refractivity (Wildman–Crippen MR) is 102 cm³/mol. The Morgan fingerprint density at radius 1 is 1.04 bits per heavy atom. The number of halogens is 1. The fourth-order valence-electron chi connectivity index (χ4n) is 3.23. The van der Waals surface area contributed by atoms with E-state index in [1.165, 1.54) is 4.88 Å². The summed E-state index contributed by atoms with van der Waals surface area (Å²) in [6.45, 7) is 0. The molecule has 2 heterocycles. The summed E-state index contributed by atoms with van der Waals surface area (Å²) in [4.78, 5) is 6.16. The molecule has 3 N–H and O–H groups in total. The van der Waals surface area contributed by atoms with Crippen LogP contribution >= 0.6 is 22.9 Å². The fraction of sp³-hybridized carbons (Fsp3) is 0.150. The van der Waals surface area contributed by atoms with E-state index in [2.05, 4.69) is 16.8 Å². The third-order valence-electron chi connectivity index (χ3n) is 4.48. The topological polar surface area (TPSA) is 49.2 Å². The van der Waals surface area contributed by atoms with E-state index in [1.807, 2.05) is 48.5 Å². The molecule has 0 aliphatic carbocycles. The zero-order valence-corrected chi connectivity index (χ0v) is 15.0. The first kappa shape index (κ1) is 16.3. The van der Waals surface area contributed by atoms with Gasteiger partial charge in [0.05, 0.1) is 11.3 Å². The second-order valence-corrected chi connectivity index (χ2v) is 7.50. The van der Waals surface area contributed by atoms with Gasteiger partial charge in [-0.3, -0.25) is 0 Å². The molecule has 0 bridgehead atoms. The molecule has 0 unspecified atom stereocenters. The molecule has 0 saturated carbocycles. The number of rotatable bonds is 3. The molecule has 0 radical (unpaired) electrons. The molecular formula is C20H18ClN2OS+. The van der Waals surface area contributed by atoms with Gasteiger partial charge in [-0.2, -0.15) is 0 Å². The van der Waals surface area contributed by atoms with Gasteiger partial charge in [-0.1, -0.05) is 29.8 Å². The summed E-state index contributed by atoms with van der Waals surface area (Å²) in [6, 6.07) is 19.7. The van der Waals surface area contributed by atoms with Gasteiger partial charge in [0.15, 0.2) is 0 Å². The molecule has 4 rings (SSSR count). The molecular weight excluding hydrogens is 352 g/mol. The van der Waals surface area contributed by atoms with Crippen molar-refractivity contribution in [1.82, 2.24) is 0 Å². The number of thiophene rings is 1. The second kappa shape index (κ2) is 7.00. The van der Waals surface area contributed by atoms with Crippen LogP contribution in [0.1, 0.15) is 34.6 Å². The highest BCUT2D eigenvalue weighted by atomic mass is 35.5. The standard InChI is InChI=1S/C20H17ClN2OS/c21-14-9-7-13(8-10-14)20-22-16(15-4-1-2-5-18(15)24)12-17(23-20)19-6-3-11-25-19/h1-11,16,20,22,24H,12H2/p+1/t16-,20+/m1/s1. The van der Waals surface area contributed by atoms with Crippen molar-refractivity contribution in [2.75, 3.05) is 0 Å². The molecule has 25 heavy (non-hydrogen) atoms. The third kappa shape index (κ3) is 3.47. The molecule has 1 aromatic heterocycles. The number of nitrogens with zero attached hydrogens (tertiary/aromatic N) is 1. The smallest absolute Gasteiger partial charge is 0.206 e. The number of hydrogen-bond donors (Lipinski definition) is 2.